The van der Waals surface area contributed by atoms with Gasteiger partial charge in [-0.05, 0) is 61.2 Å². The van der Waals surface area contributed by atoms with Gasteiger partial charge in [-0.3, -0.25) is 14.9 Å². The van der Waals surface area contributed by atoms with Crippen molar-refractivity contribution in [3.8, 4) is 0 Å². The monoisotopic (exact) mass is 456 g/mol. The number of piperidine rings is 1. The molecule has 1 aromatic heterocycles. The molecule has 2 heterocycles. The zero-order valence-electron chi connectivity index (χ0n) is 18.6. The molecule has 1 N–H and O–H groups in total. The standard InChI is InChI=1S/C26H24N4O4/c31-26(19-10-13-22(23(17-19)30(32)33)29-14-4-1-5-15-29)27-20-11-8-18(9-12-20)16-25-28-21-6-2-3-7-24(21)34-25/h2-3,6-13,17H,1,4-5,14-16H2,(H,27,31). The zero-order valence-corrected chi connectivity index (χ0v) is 18.6. The number of hydrogen-bond donors (Lipinski definition) is 1. The number of nitrogens with zero attached hydrogens (tertiary/aromatic N) is 3. The van der Waals surface area contributed by atoms with E-state index in [0.717, 1.165) is 49.0 Å². The molecule has 0 atom stereocenters. The number of nitrogens with one attached hydrogen (secondary N) is 1. The molecule has 5 rings (SSSR count). The predicted octanol–water partition coefficient (Wildman–Crippen LogP) is 5.57. The number of amides is 1. The van der Waals surface area contributed by atoms with Gasteiger partial charge < -0.3 is 14.6 Å². The van der Waals surface area contributed by atoms with Crippen molar-refractivity contribution in [2.24, 2.45) is 0 Å². The number of carbonyl (C=O) groups is 1. The Hall–Kier alpha value is -4.20. The van der Waals surface area contributed by atoms with Gasteiger partial charge in [-0.25, -0.2) is 4.98 Å². The third-order valence-electron chi connectivity index (χ3n) is 6.04. The van der Waals surface area contributed by atoms with Crippen LogP contribution in [-0.4, -0.2) is 28.9 Å². The number of benzene rings is 3. The molecule has 1 aliphatic rings. The molecule has 1 amide bonds. The largest absolute Gasteiger partial charge is 0.440 e. The number of para-hydroxylation sites is 2. The highest BCUT2D eigenvalue weighted by molar-refractivity contribution is 6.05. The molecular formula is C26H24N4O4. The van der Waals surface area contributed by atoms with Crippen LogP contribution in [0.3, 0.4) is 0 Å². The maximum absolute atomic E-state index is 12.8. The zero-order chi connectivity index (χ0) is 23.5. The first-order valence-corrected chi connectivity index (χ1v) is 11.3. The van der Waals surface area contributed by atoms with Crippen LogP contribution >= 0.6 is 0 Å². The summed E-state index contributed by atoms with van der Waals surface area (Å²) in [6, 6.07) is 19.7. The Kier molecular flexibility index (Phi) is 5.95. The molecule has 34 heavy (non-hydrogen) atoms. The Bertz CT molecular complexity index is 1310. The normalized spacial score (nSPS) is 13.7. The van der Waals surface area contributed by atoms with Crippen LogP contribution in [0.2, 0.25) is 0 Å². The number of fused-ring (bicyclic) bond motifs is 1. The lowest BCUT2D eigenvalue weighted by Crippen LogP contribution is -2.30. The van der Waals surface area contributed by atoms with Gasteiger partial charge in [0.2, 0.25) is 0 Å². The van der Waals surface area contributed by atoms with Crippen LogP contribution < -0.4 is 10.2 Å². The van der Waals surface area contributed by atoms with Crippen molar-refractivity contribution in [3.63, 3.8) is 0 Å². The minimum absolute atomic E-state index is 0.0387. The van der Waals surface area contributed by atoms with E-state index in [1.165, 1.54) is 6.07 Å². The predicted molar refractivity (Wildman–Crippen MR) is 130 cm³/mol. The fourth-order valence-corrected chi connectivity index (χ4v) is 4.29. The first-order chi connectivity index (χ1) is 16.6. The molecule has 0 bridgehead atoms. The van der Waals surface area contributed by atoms with E-state index in [0.29, 0.717) is 23.7 Å². The van der Waals surface area contributed by atoms with Crippen molar-refractivity contribution >= 4 is 34.1 Å². The summed E-state index contributed by atoms with van der Waals surface area (Å²) in [4.78, 5) is 30.6. The van der Waals surface area contributed by atoms with Gasteiger partial charge in [0.1, 0.15) is 11.2 Å². The van der Waals surface area contributed by atoms with Crippen LogP contribution in [0.1, 0.15) is 41.1 Å². The Balaban J connectivity index is 1.28. The van der Waals surface area contributed by atoms with E-state index in [1.807, 2.05) is 41.3 Å². The number of nitro benzene ring substituents is 1. The molecule has 1 fully saturated rings. The summed E-state index contributed by atoms with van der Waals surface area (Å²) in [5, 5.41) is 14.5. The fourth-order valence-electron chi connectivity index (χ4n) is 4.29. The lowest BCUT2D eigenvalue weighted by molar-refractivity contribution is -0.384. The lowest BCUT2D eigenvalue weighted by Gasteiger charge is -2.28. The summed E-state index contributed by atoms with van der Waals surface area (Å²) in [5.41, 5.74) is 3.96. The van der Waals surface area contributed by atoms with Crippen LogP contribution in [-0.2, 0) is 6.42 Å². The lowest BCUT2D eigenvalue weighted by atomic mass is 10.1. The van der Waals surface area contributed by atoms with E-state index >= 15 is 0 Å². The fraction of sp³-hybridized carbons (Fsp3) is 0.231. The second kappa shape index (κ2) is 9.35. The molecule has 0 spiro atoms. The molecule has 4 aromatic rings. The minimum Gasteiger partial charge on any atom is -0.440 e. The summed E-state index contributed by atoms with van der Waals surface area (Å²) in [7, 11) is 0. The van der Waals surface area contributed by atoms with Gasteiger partial charge in [0.15, 0.2) is 11.5 Å². The average molecular weight is 457 g/mol. The van der Waals surface area contributed by atoms with E-state index in [-0.39, 0.29) is 17.2 Å². The summed E-state index contributed by atoms with van der Waals surface area (Å²) < 4.78 is 5.77. The topological polar surface area (TPSA) is 102 Å². The van der Waals surface area contributed by atoms with E-state index in [9.17, 15) is 14.9 Å². The van der Waals surface area contributed by atoms with Crippen LogP contribution in [0.5, 0.6) is 0 Å². The Morgan fingerprint density at radius 3 is 2.53 bits per heavy atom. The molecule has 0 radical (unpaired) electrons. The second-order valence-corrected chi connectivity index (χ2v) is 8.41. The Labute approximate surface area is 196 Å². The molecule has 3 aromatic carbocycles. The Morgan fingerprint density at radius 2 is 1.79 bits per heavy atom. The van der Waals surface area contributed by atoms with E-state index in [2.05, 4.69) is 10.3 Å². The first kappa shape index (κ1) is 21.6. The van der Waals surface area contributed by atoms with Crippen LogP contribution in [0.4, 0.5) is 17.1 Å². The SMILES string of the molecule is O=C(Nc1ccc(Cc2nc3ccccc3o2)cc1)c1ccc(N2CCCCC2)c([N+](=O)[O-])c1. The van der Waals surface area contributed by atoms with E-state index in [1.54, 1.807) is 24.3 Å². The maximum atomic E-state index is 12.8. The molecule has 172 valence electrons. The molecule has 8 heteroatoms. The average Bonchev–Trinajstić information content (AvgIpc) is 3.27. The third-order valence-corrected chi connectivity index (χ3v) is 6.04. The van der Waals surface area contributed by atoms with Gasteiger partial charge in [0.25, 0.3) is 11.6 Å². The molecule has 1 aliphatic heterocycles. The molecule has 8 nitrogen and oxygen atoms in total. The number of hydrogen-bond acceptors (Lipinski definition) is 6. The summed E-state index contributed by atoms with van der Waals surface area (Å²) in [6.07, 6.45) is 3.70. The first-order valence-electron chi connectivity index (χ1n) is 11.3. The van der Waals surface area contributed by atoms with Gasteiger partial charge in [-0.1, -0.05) is 24.3 Å². The van der Waals surface area contributed by atoms with Crippen LogP contribution in [0.15, 0.2) is 71.1 Å². The molecular weight excluding hydrogens is 432 g/mol. The number of carbonyl (C=O) groups excluding carboxylic acids is 1. The van der Waals surface area contributed by atoms with Crippen molar-refractivity contribution in [2.45, 2.75) is 25.7 Å². The van der Waals surface area contributed by atoms with Crippen molar-refractivity contribution < 1.29 is 14.1 Å². The van der Waals surface area contributed by atoms with E-state index in [4.69, 9.17) is 4.42 Å². The molecule has 0 saturated carbocycles. The number of aromatic nitrogens is 1. The van der Waals surface area contributed by atoms with Crippen molar-refractivity contribution in [1.82, 2.24) is 4.98 Å². The van der Waals surface area contributed by atoms with E-state index < -0.39 is 4.92 Å². The van der Waals surface area contributed by atoms with Gasteiger partial charge in [0.05, 0.1) is 4.92 Å². The Morgan fingerprint density at radius 1 is 1.03 bits per heavy atom. The quantitative estimate of drug-likeness (QED) is 0.301. The molecule has 1 saturated heterocycles. The van der Waals surface area contributed by atoms with Crippen LogP contribution in [0.25, 0.3) is 11.1 Å². The van der Waals surface area contributed by atoms with Crippen molar-refractivity contribution in [3.05, 3.63) is 93.9 Å². The van der Waals surface area contributed by atoms with Gasteiger partial charge in [0, 0.05) is 36.8 Å². The van der Waals surface area contributed by atoms with Crippen LogP contribution in [0, 0.1) is 10.1 Å². The number of oxazole rings is 1. The minimum atomic E-state index is -0.415. The van der Waals surface area contributed by atoms with Gasteiger partial charge >= 0.3 is 0 Å². The summed E-state index contributed by atoms with van der Waals surface area (Å²) in [6.45, 7) is 1.59. The maximum Gasteiger partial charge on any atom is 0.293 e. The number of rotatable bonds is 6. The third kappa shape index (κ3) is 4.61. The highest BCUT2D eigenvalue weighted by Crippen LogP contribution is 2.31. The summed E-state index contributed by atoms with van der Waals surface area (Å²) in [5.74, 6) is 0.235. The highest BCUT2D eigenvalue weighted by atomic mass is 16.6. The number of nitro groups is 1. The second-order valence-electron chi connectivity index (χ2n) is 8.41. The molecule has 0 aliphatic carbocycles. The van der Waals surface area contributed by atoms with Gasteiger partial charge in [-0.2, -0.15) is 0 Å². The number of anilines is 2. The van der Waals surface area contributed by atoms with Gasteiger partial charge in [-0.15, -0.1) is 0 Å². The van der Waals surface area contributed by atoms with Crippen molar-refractivity contribution in [2.75, 3.05) is 23.3 Å². The molecule has 0 unspecified atom stereocenters. The highest BCUT2D eigenvalue weighted by Gasteiger charge is 2.23. The van der Waals surface area contributed by atoms with Crippen molar-refractivity contribution in [1.29, 1.82) is 0 Å². The smallest absolute Gasteiger partial charge is 0.293 e. The summed E-state index contributed by atoms with van der Waals surface area (Å²) >= 11 is 0.